The van der Waals surface area contributed by atoms with E-state index in [0.29, 0.717) is 43.1 Å². The van der Waals surface area contributed by atoms with Crippen LogP contribution >= 0.6 is 0 Å². The Morgan fingerprint density at radius 1 is 1.22 bits per heavy atom. The number of amides is 4. The number of nitrogens with zero attached hydrogens (tertiary/aromatic N) is 5. The summed E-state index contributed by atoms with van der Waals surface area (Å²) in [5.74, 6) is -0.771. The Balaban J connectivity index is 1.30. The quantitative estimate of drug-likeness (QED) is 0.589. The highest BCUT2D eigenvalue weighted by Crippen LogP contribution is 2.29. The first-order valence-corrected chi connectivity index (χ1v) is 12.4. The third kappa shape index (κ3) is 4.50. The minimum atomic E-state index is -0.677. The highest BCUT2D eigenvalue weighted by atomic mass is 16.3. The van der Waals surface area contributed by atoms with Gasteiger partial charge < -0.3 is 14.9 Å². The summed E-state index contributed by atoms with van der Waals surface area (Å²) in [4.78, 5) is 53.0. The number of benzene rings is 1. The molecule has 1 aromatic heterocycles. The maximum atomic E-state index is 13.1. The molecule has 36 heavy (non-hydrogen) atoms. The van der Waals surface area contributed by atoms with Gasteiger partial charge in [0.2, 0.25) is 11.8 Å². The van der Waals surface area contributed by atoms with Crippen molar-refractivity contribution in [2.45, 2.75) is 58.2 Å². The van der Waals surface area contributed by atoms with Crippen molar-refractivity contribution in [2.24, 2.45) is 11.8 Å². The van der Waals surface area contributed by atoms with E-state index in [0.717, 1.165) is 12.0 Å². The van der Waals surface area contributed by atoms with Gasteiger partial charge in [-0.05, 0) is 48.9 Å². The third-order valence-electron chi connectivity index (χ3n) is 7.24. The smallest absolute Gasteiger partial charge is 0.276 e. The van der Waals surface area contributed by atoms with E-state index < -0.39 is 18.1 Å². The van der Waals surface area contributed by atoms with Crippen LogP contribution in [0, 0.1) is 11.8 Å². The zero-order valence-corrected chi connectivity index (χ0v) is 20.4. The Labute approximate surface area is 208 Å². The Hall–Kier alpha value is -3.60. The Morgan fingerprint density at radius 3 is 2.78 bits per heavy atom. The summed E-state index contributed by atoms with van der Waals surface area (Å²) in [7, 11) is 0. The largest absolute Gasteiger partial charge is 0.393 e. The summed E-state index contributed by atoms with van der Waals surface area (Å²) in [6.07, 6.45) is 3.06. The van der Waals surface area contributed by atoms with E-state index in [9.17, 15) is 24.3 Å². The number of carbonyl (C=O) groups is 4. The molecule has 1 aromatic carbocycles. The zero-order valence-electron chi connectivity index (χ0n) is 20.4. The SMILES string of the molecule is CC(C)CC1CN(C(=O)c2cn(-c3ccc4c(c3)CN(C3CCC(=O)NC3=O)C4=O)nn2)CCC1O. The van der Waals surface area contributed by atoms with E-state index in [2.05, 4.69) is 29.5 Å². The molecule has 2 saturated heterocycles. The molecular weight excluding hydrogens is 464 g/mol. The normalized spacial score (nSPS) is 24.3. The highest BCUT2D eigenvalue weighted by molar-refractivity contribution is 6.05. The first-order chi connectivity index (χ1) is 17.2. The van der Waals surface area contributed by atoms with Crippen LogP contribution < -0.4 is 5.32 Å². The van der Waals surface area contributed by atoms with Crippen LogP contribution in [0.15, 0.2) is 24.4 Å². The van der Waals surface area contributed by atoms with Crippen molar-refractivity contribution in [2.75, 3.05) is 13.1 Å². The van der Waals surface area contributed by atoms with Crippen LogP contribution in [0.5, 0.6) is 0 Å². The number of aliphatic hydroxyl groups excluding tert-OH is 1. The zero-order chi connectivity index (χ0) is 25.6. The van der Waals surface area contributed by atoms with Crippen molar-refractivity contribution in [1.82, 2.24) is 30.1 Å². The van der Waals surface area contributed by atoms with Crippen LogP contribution in [-0.4, -0.2) is 78.8 Å². The van der Waals surface area contributed by atoms with Crippen LogP contribution in [0.25, 0.3) is 5.69 Å². The fourth-order valence-corrected chi connectivity index (χ4v) is 5.39. The first kappa shape index (κ1) is 24.1. The van der Waals surface area contributed by atoms with Gasteiger partial charge >= 0.3 is 0 Å². The maximum absolute atomic E-state index is 13.1. The van der Waals surface area contributed by atoms with E-state index >= 15 is 0 Å². The molecule has 3 aliphatic heterocycles. The minimum absolute atomic E-state index is 0.0410. The van der Waals surface area contributed by atoms with Gasteiger partial charge in [0.15, 0.2) is 5.69 Å². The number of likely N-dealkylation sites (tertiary alicyclic amines) is 1. The number of rotatable bonds is 5. The van der Waals surface area contributed by atoms with Crippen LogP contribution in [0.3, 0.4) is 0 Å². The second-order valence-electron chi connectivity index (χ2n) is 10.3. The van der Waals surface area contributed by atoms with E-state index in [-0.39, 0.29) is 42.3 Å². The number of carbonyl (C=O) groups excluding carboxylic acids is 4. The van der Waals surface area contributed by atoms with Crippen LogP contribution in [-0.2, 0) is 16.1 Å². The molecule has 190 valence electrons. The lowest BCUT2D eigenvalue weighted by Crippen LogP contribution is -2.52. The number of piperidine rings is 2. The van der Waals surface area contributed by atoms with Crippen LogP contribution in [0.1, 0.15) is 65.9 Å². The van der Waals surface area contributed by atoms with Gasteiger partial charge in [-0.2, -0.15) is 0 Å². The summed E-state index contributed by atoms with van der Waals surface area (Å²) in [6.45, 7) is 5.42. The molecule has 11 heteroatoms. The molecule has 5 rings (SSSR count). The molecule has 2 aromatic rings. The predicted molar refractivity (Wildman–Crippen MR) is 127 cm³/mol. The second kappa shape index (κ2) is 9.45. The predicted octanol–water partition coefficient (Wildman–Crippen LogP) is 0.897. The molecule has 0 radical (unpaired) electrons. The van der Waals surface area contributed by atoms with Gasteiger partial charge in [0.05, 0.1) is 18.0 Å². The van der Waals surface area contributed by atoms with Crippen LogP contribution in [0.2, 0.25) is 0 Å². The van der Waals surface area contributed by atoms with Gasteiger partial charge in [-0.15, -0.1) is 5.10 Å². The fourth-order valence-electron chi connectivity index (χ4n) is 5.39. The van der Waals surface area contributed by atoms with Crippen molar-refractivity contribution in [3.8, 4) is 5.69 Å². The molecule has 0 bridgehead atoms. The number of aromatic nitrogens is 3. The van der Waals surface area contributed by atoms with E-state index in [1.807, 2.05) is 0 Å². The average Bonchev–Trinajstić information content (AvgIpc) is 3.45. The van der Waals surface area contributed by atoms with Crippen molar-refractivity contribution in [3.63, 3.8) is 0 Å². The molecule has 11 nitrogen and oxygen atoms in total. The van der Waals surface area contributed by atoms with Crippen molar-refractivity contribution in [3.05, 3.63) is 41.2 Å². The average molecular weight is 495 g/mol. The Kier molecular flexibility index (Phi) is 6.33. The first-order valence-electron chi connectivity index (χ1n) is 12.4. The summed E-state index contributed by atoms with van der Waals surface area (Å²) >= 11 is 0. The van der Waals surface area contributed by atoms with Crippen molar-refractivity contribution in [1.29, 1.82) is 0 Å². The molecule has 4 heterocycles. The van der Waals surface area contributed by atoms with Crippen molar-refractivity contribution < 1.29 is 24.3 Å². The van der Waals surface area contributed by atoms with Gasteiger partial charge in [0.25, 0.3) is 11.8 Å². The Morgan fingerprint density at radius 2 is 2.03 bits per heavy atom. The standard InChI is InChI=1S/C25H30N6O5/c1-14(2)9-16-11-29(8-7-21(16)32)25(36)19-13-31(28-27-19)17-3-4-18-15(10-17)12-30(24(18)35)20-5-6-22(33)26-23(20)34/h3-4,10,13-14,16,20-21,32H,5-9,11-12H2,1-2H3,(H,26,33,34). The topological polar surface area (TPSA) is 138 Å². The molecule has 2 N–H and O–H groups in total. The number of hydrogen-bond donors (Lipinski definition) is 2. The molecule has 0 spiro atoms. The lowest BCUT2D eigenvalue weighted by Gasteiger charge is -2.36. The van der Waals surface area contributed by atoms with Gasteiger partial charge in [-0.3, -0.25) is 24.5 Å². The van der Waals surface area contributed by atoms with Crippen LogP contribution in [0.4, 0.5) is 0 Å². The van der Waals surface area contributed by atoms with E-state index in [4.69, 9.17) is 0 Å². The highest BCUT2D eigenvalue weighted by Gasteiger charge is 2.39. The molecule has 0 saturated carbocycles. The molecule has 3 atom stereocenters. The lowest BCUT2D eigenvalue weighted by atomic mass is 9.87. The van der Waals surface area contributed by atoms with E-state index in [1.54, 1.807) is 29.3 Å². The maximum Gasteiger partial charge on any atom is 0.276 e. The fraction of sp³-hybridized carbons (Fsp3) is 0.520. The molecule has 2 fully saturated rings. The summed E-state index contributed by atoms with van der Waals surface area (Å²) in [5, 5.41) is 20.8. The van der Waals surface area contributed by atoms with Crippen molar-refractivity contribution >= 4 is 23.6 Å². The molecule has 4 amide bonds. The summed E-state index contributed by atoms with van der Waals surface area (Å²) in [6, 6.07) is 4.54. The number of fused-ring (bicyclic) bond motifs is 1. The van der Waals surface area contributed by atoms with Gasteiger partial charge in [0.1, 0.15) is 6.04 Å². The van der Waals surface area contributed by atoms with E-state index in [1.165, 1.54) is 9.58 Å². The third-order valence-corrected chi connectivity index (χ3v) is 7.24. The number of hydrogen-bond acceptors (Lipinski definition) is 7. The number of aliphatic hydroxyl groups is 1. The Bertz CT molecular complexity index is 1220. The molecular formula is C25H30N6O5. The number of nitrogens with one attached hydrogen (secondary N) is 1. The molecule has 3 unspecified atom stereocenters. The monoisotopic (exact) mass is 494 g/mol. The number of imide groups is 1. The lowest BCUT2D eigenvalue weighted by molar-refractivity contribution is -0.136. The second-order valence-corrected chi connectivity index (χ2v) is 10.3. The summed E-state index contributed by atoms with van der Waals surface area (Å²) in [5.41, 5.74) is 2.11. The minimum Gasteiger partial charge on any atom is -0.393 e. The van der Waals surface area contributed by atoms with Gasteiger partial charge in [0, 0.05) is 37.5 Å². The van der Waals surface area contributed by atoms with Gasteiger partial charge in [-0.25, -0.2) is 4.68 Å². The molecule has 3 aliphatic rings. The van der Waals surface area contributed by atoms with Gasteiger partial charge in [-0.1, -0.05) is 19.1 Å². The molecule has 0 aliphatic carbocycles. The summed E-state index contributed by atoms with van der Waals surface area (Å²) < 4.78 is 1.50.